The van der Waals surface area contributed by atoms with E-state index in [0.29, 0.717) is 30.6 Å². The molecule has 1 amide bonds. The summed E-state index contributed by atoms with van der Waals surface area (Å²) in [5.41, 5.74) is 0.363. The van der Waals surface area contributed by atoms with Crippen LogP contribution in [0.5, 0.6) is 0 Å². The van der Waals surface area contributed by atoms with E-state index in [2.05, 4.69) is 20.9 Å². The molecule has 0 unspecified atom stereocenters. The Labute approximate surface area is 166 Å². The zero-order valence-electron chi connectivity index (χ0n) is 16.0. The number of hydrogen-bond donors (Lipinski definition) is 3. The molecule has 2 rings (SSSR count). The molecule has 0 aliphatic rings. The fourth-order valence-corrected chi connectivity index (χ4v) is 2.70. The minimum atomic E-state index is -4.65. The molecule has 0 aliphatic carbocycles. The van der Waals surface area contributed by atoms with Crippen LogP contribution in [0.3, 0.4) is 0 Å². The van der Waals surface area contributed by atoms with Gasteiger partial charge in [-0.15, -0.1) is 0 Å². The first kappa shape index (κ1) is 22.2. The average molecular weight is 410 g/mol. The molecule has 0 aliphatic heterocycles. The van der Waals surface area contributed by atoms with Gasteiger partial charge in [-0.2, -0.15) is 13.2 Å². The quantitative estimate of drug-likeness (QED) is 0.390. The lowest BCUT2D eigenvalue weighted by Gasteiger charge is -2.16. The summed E-state index contributed by atoms with van der Waals surface area (Å²) >= 11 is 0. The van der Waals surface area contributed by atoms with Crippen molar-refractivity contribution in [1.29, 1.82) is 0 Å². The van der Waals surface area contributed by atoms with Crippen molar-refractivity contribution in [2.75, 3.05) is 20.6 Å². The third-order valence-corrected chi connectivity index (χ3v) is 4.17. The monoisotopic (exact) mass is 410 g/mol. The summed E-state index contributed by atoms with van der Waals surface area (Å²) < 4.78 is 52.4. The molecule has 0 atom stereocenters. The van der Waals surface area contributed by atoms with Gasteiger partial charge in [0.15, 0.2) is 5.96 Å². The molecule has 0 fully saturated rings. The summed E-state index contributed by atoms with van der Waals surface area (Å²) in [7, 11) is 3.05. The number of amides is 1. The zero-order chi connectivity index (χ0) is 21.4. The van der Waals surface area contributed by atoms with E-state index in [-0.39, 0.29) is 18.0 Å². The van der Waals surface area contributed by atoms with Gasteiger partial charge in [-0.3, -0.25) is 9.79 Å². The van der Waals surface area contributed by atoms with Crippen molar-refractivity contribution >= 4 is 11.9 Å². The van der Waals surface area contributed by atoms with Crippen LogP contribution in [0.4, 0.5) is 17.6 Å². The molecular weight excluding hydrogens is 388 g/mol. The molecule has 0 heterocycles. The molecule has 3 N–H and O–H groups in total. The smallest absolute Gasteiger partial charge is 0.356 e. The Morgan fingerprint density at radius 1 is 1.10 bits per heavy atom. The van der Waals surface area contributed by atoms with Gasteiger partial charge in [0.2, 0.25) is 0 Å². The van der Waals surface area contributed by atoms with Crippen LogP contribution < -0.4 is 16.0 Å². The Hall–Kier alpha value is -3.10. The topological polar surface area (TPSA) is 65.5 Å². The SMILES string of the molecule is CN=C(NCCc1cccc(C(=O)NC)c1)NCc1ccc(F)cc1C(F)(F)F. The Morgan fingerprint density at radius 2 is 1.86 bits per heavy atom. The van der Waals surface area contributed by atoms with Crippen molar-refractivity contribution in [3.63, 3.8) is 0 Å². The Balaban J connectivity index is 1.94. The molecule has 0 spiro atoms. The van der Waals surface area contributed by atoms with Gasteiger partial charge in [0.05, 0.1) is 5.56 Å². The molecule has 0 saturated carbocycles. The van der Waals surface area contributed by atoms with E-state index < -0.39 is 17.6 Å². The summed E-state index contributed by atoms with van der Waals surface area (Å²) in [4.78, 5) is 15.7. The van der Waals surface area contributed by atoms with Gasteiger partial charge >= 0.3 is 6.18 Å². The van der Waals surface area contributed by atoms with Crippen LogP contribution in [0.2, 0.25) is 0 Å². The third kappa shape index (κ3) is 6.48. The van der Waals surface area contributed by atoms with Crippen molar-refractivity contribution in [2.45, 2.75) is 19.1 Å². The van der Waals surface area contributed by atoms with Crippen molar-refractivity contribution in [1.82, 2.24) is 16.0 Å². The minimum Gasteiger partial charge on any atom is -0.356 e. The second-order valence-electron chi connectivity index (χ2n) is 6.18. The third-order valence-electron chi connectivity index (χ3n) is 4.17. The van der Waals surface area contributed by atoms with E-state index in [9.17, 15) is 22.4 Å². The van der Waals surface area contributed by atoms with Crippen LogP contribution in [-0.4, -0.2) is 32.5 Å². The number of halogens is 4. The van der Waals surface area contributed by atoms with Crippen molar-refractivity contribution in [2.24, 2.45) is 4.99 Å². The number of carbonyl (C=O) groups excluding carboxylic acids is 1. The largest absolute Gasteiger partial charge is 0.416 e. The van der Waals surface area contributed by atoms with E-state index in [1.54, 1.807) is 25.2 Å². The Kier molecular flexibility index (Phi) is 7.58. The summed E-state index contributed by atoms with van der Waals surface area (Å²) in [6.07, 6.45) is -4.07. The summed E-state index contributed by atoms with van der Waals surface area (Å²) in [5.74, 6) is -0.815. The first-order chi connectivity index (χ1) is 13.7. The number of guanidine groups is 1. The Bertz CT molecular complexity index is 881. The van der Waals surface area contributed by atoms with Gasteiger partial charge in [-0.1, -0.05) is 18.2 Å². The molecular formula is C20H22F4N4O. The number of carbonyl (C=O) groups is 1. The highest BCUT2D eigenvalue weighted by molar-refractivity contribution is 5.94. The van der Waals surface area contributed by atoms with E-state index in [0.717, 1.165) is 17.7 Å². The van der Waals surface area contributed by atoms with Gasteiger partial charge < -0.3 is 16.0 Å². The summed E-state index contributed by atoms with van der Waals surface area (Å²) in [6.45, 7) is 0.285. The van der Waals surface area contributed by atoms with E-state index in [4.69, 9.17) is 0 Å². The van der Waals surface area contributed by atoms with Gasteiger partial charge in [-0.25, -0.2) is 4.39 Å². The van der Waals surface area contributed by atoms with Gasteiger partial charge in [-0.05, 0) is 41.8 Å². The van der Waals surface area contributed by atoms with Crippen molar-refractivity contribution in [3.05, 3.63) is 70.5 Å². The molecule has 29 heavy (non-hydrogen) atoms. The van der Waals surface area contributed by atoms with Crippen molar-refractivity contribution < 1.29 is 22.4 Å². The highest BCUT2D eigenvalue weighted by Crippen LogP contribution is 2.32. The minimum absolute atomic E-state index is 0.0832. The van der Waals surface area contributed by atoms with E-state index in [1.807, 2.05) is 6.07 Å². The molecule has 9 heteroatoms. The molecule has 2 aromatic rings. The fourth-order valence-electron chi connectivity index (χ4n) is 2.70. The van der Waals surface area contributed by atoms with Crippen LogP contribution in [0.1, 0.15) is 27.0 Å². The maximum Gasteiger partial charge on any atom is 0.416 e. The van der Waals surface area contributed by atoms with Crippen LogP contribution in [0.15, 0.2) is 47.5 Å². The van der Waals surface area contributed by atoms with Crippen LogP contribution in [0.25, 0.3) is 0 Å². The average Bonchev–Trinajstić information content (AvgIpc) is 2.70. The molecule has 0 saturated heterocycles. The van der Waals surface area contributed by atoms with Crippen LogP contribution >= 0.6 is 0 Å². The van der Waals surface area contributed by atoms with Gasteiger partial charge in [0.1, 0.15) is 5.82 Å². The number of benzene rings is 2. The maximum atomic E-state index is 13.2. The molecule has 0 aromatic heterocycles. The number of nitrogens with zero attached hydrogens (tertiary/aromatic N) is 1. The molecule has 0 radical (unpaired) electrons. The first-order valence-corrected chi connectivity index (χ1v) is 8.85. The Morgan fingerprint density at radius 3 is 2.52 bits per heavy atom. The molecule has 0 bridgehead atoms. The fraction of sp³-hybridized carbons (Fsp3) is 0.300. The lowest BCUT2D eigenvalue weighted by Crippen LogP contribution is -2.38. The summed E-state index contributed by atoms with van der Waals surface area (Å²) in [5, 5.41) is 8.35. The second-order valence-corrected chi connectivity index (χ2v) is 6.18. The summed E-state index contributed by atoms with van der Waals surface area (Å²) in [6, 6.07) is 9.69. The highest BCUT2D eigenvalue weighted by Gasteiger charge is 2.33. The van der Waals surface area contributed by atoms with Crippen molar-refractivity contribution in [3.8, 4) is 0 Å². The number of rotatable bonds is 6. The van der Waals surface area contributed by atoms with Crippen LogP contribution in [0, 0.1) is 5.82 Å². The number of alkyl halides is 3. The van der Waals surface area contributed by atoms with Gasteiger partial charge in [0.25, 0.3) is 5.91 Å². The number of nitrogens with one attached hydrogen (secondary N) is 3. The lowest BCUT2D eigenvalue weighted by molar-refractivity contribution is -0.138. The van der Waals surface area contributed by atoms with E-state index in [1.165, 1.54) is 7.05 Å². The van der Waals surface area contributed by atoms with E-state index >= 15 is 0 Å². The molecule has 2 aromatic carbocycles. The predicted molar refractivity (Wildman–Crippen MR) is 103 cm³/mol. The zero-order valence-corrected chi connectivity index (χ0v) is 16.0. The normalized spacial score (nSPS) is 11.9. The predicted octanol–water partition coefficient (Wildman–Crippen LogP) is 3.11. The maximum absolute atomic E-state index is 13.2. The second kappa shape index (κ2) is 9.90. The van der Waals surface area contributed by atoms with Gasteiger partial charge in [0, 0.05) is 32.7 Å². The first-order valence-electron chi connectivity index (χ1n) is 8.85. The molecule has 5 nitrogen and oxygen atoms in total. The number of hydrogen-bond acceptors (Lipinski definition) is 2. The molecule has 156 valence electrons. The number of aliphatic imine (C=N–C) groups is 1. The lowest BCUT2D eigenvalue weighted by atomic mass is 10.1. The van der Waals surface area contributed by atoms with Crippen LogP contribution in [-0.2, 0) is 19.1 Å². The highest BCUT2D eigenvalue weighted by atomic mass is 19.4. The standard InChI is InChI=1S/C20H22F4N4O/c1-25-18(29)14-5-3-4-13(10-14)8-9-27-19(26-2)28-12-15-6-7-16(21)11-17(15)20(22,23)24/h3-7,10-11H,8-9,12H2,1-2H3,(H,25,29)(H2,26,27,28).